The van der Waals surface area contributed by atoms with Gasteiger partial charge in [-0.1, -0.05) is 37.3 Å². The lowest BCUT2D eigenvalue weighted by atomic mass is 10.1. The highest BCUT2D eigenvalue weighted by Gasteiger charge is 2.19. The second-order valence-electron chi connectivity index (χ2n) is 5.83. The van der Waals surface area contributed by atoms with Crippen LogP contribution >= 0.6 is 0 Å². The van der Waals surface area contributed by atoms with Gasteiger partial charge >= 0.3 is 11.3 Å². The Bertz CT molecular complexity index is 1150. The molecule has 0 saturated heterocycles. The summed E-state index contributed by atoms with van der Waals surface area (Å²) in [5, 5.41) is 0.161. The first-order valence-corrected chi connectivity index (χ1v) is 8.36. The Morgan fingerprint density at radius 2 is 1.73 bits per heavy atom. The summed E-state index contributed by atoms with van der Waals surface area (Å²) in [5.74, 6) is -0.345. The van der Waals surface area contributed by atoms with Crippen molar-refractivity contribution in [2.45, 2.75) is 33.4 Å². The van der Waals surface area contributed by atoms with E-state index in [0.29, 0.717) is 17.5 Å². The molecule has 0 radical (unpaired) electrons. The van der Waals surface area contributed by atoms with Crippen molar-refractivity contribution in [3.8, 4) is 0 Å². The first-order chi connectivity index (χ1) is 12.5. The number of nitrogens with zero attached hydrogens (tertiary/aromatic N) is 2. The van der Waals surface area contributed by atoms with Gasteiger partial charge in [0.2, 0.25) is 5.71 Å². The number of ketones is 1. The number of aromatic nitrogens is 2. The molecule has 0 aliphatic carbocycles. The largest absolute Gasteiger partial charge is 0.405 e. The molecule has 2 heterocycles. The minimum atomic E-state index is -0.675. The number of benzene rings is 1. The summed E-state index contributed by atoms with van der Waals surface area (Å²) >= 11 is 0. The van der Waals surface area contributed by atoms with Crippen molar-refractivity contribution in [1.82, 2.24) is 9.13 Å². The van der Waals surface area contributed by atoms with Gasteiger partial charge in [0.15, 0.2) is 5.78 Å². The van der Waals surface area contributed by atoms with Crippen molar-refractivity contribution < 1.29 is 9.21 Å². The number of hydrogen-bond acceptors (Lipinski definition) is 5. The maximum Gasteiger partial charge on any atom is 0.337 e. The minimum Gasteiger partial charge on any atom is -0.405 e. The third-order valence-electron chi connectivity index (χ3n) is 4.28. The normalized spacial score (nSPS) is 11.0. The lowest BCUT2D eigenvalue weighted by molar-refractivity contribution is 0.0968. The highest BCUT2D eigenvalue weighted by molar-refractivity contribution is 5.96. The third-order valence-corrected chi connectivity index (χ3v) is 4.28. The van der Waals surface area contributed by atoms with E-state index in [9.17, 15) is 19.2 Å². The van der Waals surface area contributed by atoms with Crippen LogP contribution in [0.25, 0.3) is 11.1 Å². The van der Waals surface area contributed by atoms with Crippen LogP contribution in [-0.4, -0.2) is 14.9 Å². The molecule has 3 rings (SSSR count). The van der Waals surface area contributed by atoms with E-state index in [-0.39, 0.29) is 30.0 Å². The molecule has 0 bridgehead atoms. The van der Waals surface area contributed by atoms with Crippen molar-refractivity contribution in [3.05, 3.63) is 78.8 Å². The van der Waals surface area contributed by atoms with Gasteiger partial charge in [0, 0.05) is 18.2 Å². The number of Topliss-reactive ketones (excluding diaryl/α,β-unsaturated/α-hetero) is 1. The van der Waals surface area contributed by atoms with Crippen LogP contribution in [0.3, 0.4) is 0 Å². The molecule has 0 spiro atoms. The first kappa shape index (κ1) is 17.6. The average Bonchev–Trinajstić information content (AvgIpc) is 2.65. The van der Waals surface area contributed by atoms with Gasteiger partial charge < -0.3 is 4.42 Å². The van der Waals surface area contributed by atoms with E-state index < -0.39 is 16.9 Å². The number of carbonyl (C=O) groups is 1. The van der Waals surface area contributed by atoms with Gasteiger partial charge in [0.05, 0.1) is 6.54 Å². The molecule has 134 valence electrons. The number of carbonyl (C=O) groups excluding carboxylic acids is 1. The molecular formula is C19H18N2O5. The number of hydrogen-bond donors (Lipinski definition) is 0. The van der Waals surface area contributed by atoms with Crippen LogP contribution < -0.4 is 16.9 Å². The average molecular weight is 354 g/mol. The predicted molar refractivity (Wildman–Crippen MR) is 96.8 cm³/mol. The molecule has 0 aliphatic heterocycles. The Labute approximate surface area is 148 Å². The molecule has 0 atom stereocenters. The third kappa shape index (κ3) is 2.92. The monoisotopic (exact) mass is 354 g/mol. The molecule has 0 fully saturated rings. The SMILES string of the molecule is CCc1cc(=O)oc2c1c(=O)n(CC(=O)c1ccccc1)c(=O)n2CC. The topological polar surface area (TPSA) is 91.3 Å². The number of rotatable bonds is 5. The van der Waals surface area contributed by atoms with Gasteiger partial charge in [0.1, 0.15) is 5.39 Å². The van der Waals surface area contributed by atoms with Crippen molar-refractivity contribution in [3.63, 3.8) is 0 Å². The maximum atomic E-state index is 12.9. The zero-order valence-corrected chi connectivity index (χ0v) is 14.5. The molecule has 3 aromatic rings. The van der Waals surface area contributed by atoms with Gasteiger partial charge in [-0.2, -0.15) is 0 Å². The van der Waals surface area contributed by atoms with Crippen LogP contribution in [-0.2, 0) is 19.5 Å². The summed E-state index contributed by atoms with van der Waals surface area (Å²) in [6.07, 6.45) is 0.423. The molecule has 7 heteroatoms. The maximum absolute atomic E-state index is 12.9. The molecule has 0 saturated carbocycles. The summed E-state index contributed by atoms with van der Waals surface area (Å²) in [4.78, 5) is 49.9. The molecule has 2 aromatic heterocycles. The van der Waals surface area contributed by atoms with E-state index in [4.69, 9.17) is 4.42 Å². The smallest absolute Gasteiger partial charge is 0.337 e. The molecule has 1 aromatic carbocycles. The predicted octanol–water partition coefficient (Wildman–Crippen LogP) is 1.58. The van der Waals surface area contributed by atoms with Gasteiger partial charge in [0.25, 0.3) is 5.56 Å². The van der Waals surface area contributed by atoms with E-state index in [0.717, 1.165) is 4.57 Å². The fraction of sp³-hybridized carbons (Fsp3) is 0.263. The van der Waals surface area contributed by atoms with Gasteiger partial charge in [-0.25, -0.2) is 9.59 Å². The van der Waals surface area contributed by atoms with E-state index >= 15 is 0 Å². The standard InChI is InChI=1S/C19H18N2O5/c1-3-12-10-15(23)26-18-16(12)17(24)21(19(25)20(18)4-2)11-14(22)13-8-6-5-7-9-13/h5-10H,3-4,11H2,1-2H3. The van der Waals surface area contributed by atoms with Gasteiger partial charge in [-0.15, -0.1) is 0 Å². The quantitative estimate of drug-likeness (QED) is 0.649. The minimum absolute atomic E-state index is 0.0461. The van der Waals surface area contributed by atoms with Crippen LogP contribution in [0.2, 0.25) is 0 Å². The fourth-order valence-electron chi connectivity index (χ4n) is 2.96. The zero-order chi connectivity index (χ0) is 18.8. The van der Waals surface area contributed by atoms with Crippen LogP contribution in [0.1, 0.15) is 29.8 Å². The zero-order valence-electron chi connectivity index (χ0n) is 14.5. The molecule has 7 nitrogen and oxygen atoms in total. The summed E-state index contributed by atoms with van der Waals surface area (Å²) in [7, 11) is 0. The molecule has 0 unspecified atom stereocenters. The molecule has 0 aliphatic rings. The summed E-state index contributed by atoms with van der Waals surface area (Å²) < 4.78 is 7.25. The molecule has 0 amide bonds. The van der Waals surface area contributed by atoms with Crippen LogP contribution in [0.4, 0.5) is 0 Å². The Hall–Kier alpha value is -3.22. The summed E-state index contributed by atoms with van der Waals surface area (Å²) in [5.41, 5.74) is -1.06. The second-order valence-corrected chi connectivity index (χ2v) is 5.83. The van der Waals surface area contributed by atoms with Crippen molar-refractivity contribution in [2.24, 2.45) is 0 Å². The Kier molecular flexibility index (Phi) is 4.71. The van der Waals surface area contributed by atoms with E-state index in [2.05, 4.69) is 0 Å². The van der Waals surface area contributed by atoms with Crippen molar-refractivity contribution >= 4 is 16.9 Å². The van der Waals surface area contributed by atoms with Crippen molar-refractivity contribution in [1.29, 1.82) is 0 Å². The van der Waals surface area contributed by atoms with Gasteiger partial charge in [-0.3, -0.25) is 18.7 Å². The lowest BCUT2D eigenvalue weighted by Gasteiger charge is -2.12. The Balaban J connectivity index is 2.28. The molecule has 26 heavy (non-hydrogen) atoms. The van der Waals surface area contributed by atoms with Crippen LogP contribution in [0.5, 0.6) is 0 Å². The number of aryl methyl sites for hydroxylation is 2. The highest BCUT2D eigenvalue weighted by atomic mass is 16.4. The van der Waals surface area contributed by atoms with E-state index in [1.807, 2.05) is 0 Å². The Morgan fingerprint density at radius 1 is 1.04 bits per heavy atom. The van der Waals surface area contributed by atoms with E-state index in [1.165, 1.54) is 10.6 Å². The fourth-order valence-corrected chi connectivity index (χ4v) is 2.96. The first-order valence-electron chi connectivity index (χ1n) is 8.36. The molecular weight excluding hydrogens is 336 g/mol. The number of fused-ring (bicyclic) bond motifs is 1. The van der Waals surface area contributed by atoms with Crippen LogP contribution in [0, 0.1) is 0 Å². The molecule has 0 N–H and O–H groups in total. The van der Waals surface area contributed by atoms with Crippen molar-refractivity contribution in [2.75, 3.05) is 0 Å². The second kappa shape index (κ2) is 6.95. The van der Waals surface area contributed by atoms with Gasteiger partial charge in [-0.05, 0) is 18.9 Å². The lowest BCUT2D eigenvalue weighted by Crippen LogP contribution is -2.42. The summed E-state index contributed by atoms with van der Waals surface area (Å²) in [6, 6.07) is 9.71. The van der Waals surface area contributed by atoms with Crippen LogP contribution in [0.15, 0.2) is 55.2 Å². The Morgan fingerprint density at radius 3 is 2.35 bits per heavy atom. The highest BCUT2D eigenvalue weighted by Crippen LogP contribution is 2.12. The van der Waals surface area contributed by atoms with E-state index in [1.54, 1.807) is 44.2 Å². The summed E-state index contributed by atoms with van der Waals surface area (Å²) in [6.45, 7) is 3.33.